The second kappa shape index (κ2) is 8.34. The lowest BCUT2D eigenvalue weighted by molar-refractivity contribution is -0.0520. The van der Waals surface area contributed by atoms with Crippen LogP contribution in [-0.4, -0.2) is 6.61 Å². The third-order valence-corrected chi connectivity index (χ3v) is 7.05. The van der Waals surface area contributed by atoms with Crippen LogP contribution in [0.25, 0.3) is 10.8 Å². The van der Waals surface area contributed by atoms with Crippen LogP contribution in [0.1, 0.15) is 69.8 Å². The molecule has 0 bridgehead atoms. The lowest BCUT2D eigenvalue weighted by Crippen LogP contribution is -2.30. The summed E-state index contributed by atoms with van der Waals surface area (Å²) in [6, 6.07) is 8.73. The number of rotatable bonds is 5. The molecule has 2 aliphatic carbocycles. The smallest absolute Gasteiger partial charge is 0.387 e. The van der Waals surface area contributed by atoms with Crippen LogP contribution in [0.5, 0.6) is 5.75 Å². The van der Waals surface area contributed by atoms with Crippen LogP contribution < -0.4 is 4.74 Å². The highest BCUT2D eigenvalue weighted by atomic mass is 19.3. The third kappa shape index (κ3) is 4.01. The quantitative estimate of drug-likeness (QED) is 0.509. The van der Waals surface area contributed by atoms with Crippen molar-refractivity contribution in [3.8, 4) is 5.75 Å². The largest absolute Gasteiger partial charge is 0.432 e. The average molecular weight is 390 g/mol. The monoisotopic (exact) mass is 390 g/mol. The molecule has 0 heterocycles. The summed E-state index contributed by atoms with van der Waals surface area (Å²) in [6.07, 6.45) is 10.5. The molecular weight excluding hydrogens is 361 g/mol. The predicted molar refractivity (Wildman–Crippen MR) is 106 cm³/mol. The molecule has 0 radical (unpaired) electrons. The number of fused-ring (bicyclic) bond motifs is 2. The Morgan fingerprint density at radius 3 is 2.57 bits per heavy atom. The van der Waals surface area contributed by atoms with E-state index in [2.05, 4.69) is 11.7 Å². The number of alkyl halides is 2. The molecule has 0 aliphatic heterocycles. The fourth-order valence-corrected chi connectivity index (χ4v) is 5.69. The van der Waals surface area contributed by atoms with Gasteiger partial charge in [-0.3, -0.25) is 0 Å². The zero-order chi connectivity index (χ0) is 19.7. The Morgan fingerprint density at radius 2 is 1.79 bits per heavy atom. The second-order valence-corrected chi connectivity index (χ2v) is 8.73. The van der Waals surface area contributed by atoms with Crippen LogP contribution in [0.15, 0.2) is 30.3 Å². The normalized spacial score (nSPS) is 27.8. The highest BCUT2D eigenvalue weighted by molar-refractivity contribution is 5.85. The lowest BCUT2D eigenvalue weighted by atomic mass is 9.63. The molecule has 4 heteroatoms. The van der Waals surface area contributed by atoms with Crippen LogP contribution >= 0.6 is 0 Å². The zero-order valence-corrected chi connectivity index (χ0v) is 16.5. The van der Waals surface area contributed by atoms with Crippen molar-refractivity contribution in [2.24, 2.45) is 17.8 Å². The first kappa shape index (κ1) is 19.6. The van der Waals surface area contributed by atoms with Crippen LogP contribution in [-0.2, 0) is 0 Å². The van der Waals surface area contributed by atoms with Gasteiger partial charge in [-0.1, -0.05) is 50.5 Å². The van der Waals surface area contributed by atoms with Crippen LogP contribution in [0.4, 0.5) is 13.2 Å². The maximum atomic E-state index is 14.5. The van der Waals surface area contributed by atoms with E-state index < -0.39 is 12.4 Å². The molecule has 2 saturated carbocycles. The third-order valence-electron chi connectivity index (χ3n) is 7.05. The highest BCUT2D eigenvalue weighted by Gasteiger charge is 2.35. The summed E-state index contributed by atoms with van der Waals surface area (Å²) in [5.41, 5.74) is 1.25. The van der Waals surface area contributed by atoms with Crippen molar-refractivity contribution in [3.63, 3.8) is 0 Å². The van der Waals surface area contributed by atoms with Gasteiger partial charge in [0.25, 0.3) is 0 Å². The molecule has 28 heavy (non-hydrogen) atoms. The van der Waals surface area contributed by atoms with Crippen molar-refractivity contribution in [2.75, 3.05) is 0 Å². The maximum absolute atomic E-state index is 14.5. The highest BCUT2D eigenvalue weighted by Crippen LogP contribution is 2.48. The number of hydrogen-bond donors (Lipinski definition) is 0. The minimum absolute atomic E-state index is 0.343. The number of halogens is 3. The van der Waals surface area contributed by atoms with Gasteiger partial charge in [-0.2, -0.15) is 8.78 Å². The first-order valence-corrected chi connectivity index (χ1v) is 10.7. The minimum Gasteiger partial charge on any atom is -0.432 e. The fraction of sp³-hybridized carbons (Fsp3) is 0.583. The molecule has 2 fully saturated rings. The molecule has 4 unspecified atom stereocenters. The van der Waals surface area contributed by atoms with Crippen molar-refractivity contribution in [3.05, 3.63) is 41.7 Å². The van der Waals surface area contributed by atoms with Crippen LogP contribution in [0.3, 0.4) is 0 Å². The molecule has 2 aliphatic rings. The average Bonchev–Trinajstić information content (AvgIpc) is 2.69. The van der Waals surface area contributed by atoms with E-state index in [1.54, 1.807) is 12.1 Å². The molecule has 0 aromatic heterocycles. The molecule has 2 aromatic rings. The van der Waals surface area contributed by atoms with Gasteiger partial charge in [0.2, 0.25) is 0 Å². The molecule has 0 saturated heterocycles. The molecule has 4 rings (SSSR count). The standard InChI is InChI=1S/C24H29F3O/c1-2-3-15-4-5-17-13-18(7-6-16(17)12-15)19-8-10-21-20(14-19)9-11-22(23(21)25)28-24(26)27/h8-11,14-18,24H,2-7,12-13H2,1H3. The van der Waals surface area contributed by atoms with Crippen molar-refractivity contribution in [1.29, 1.82) is 0 Å². The topological polar surface area (TPSA) is 9.23 Å². The Bertz CT molecular complexity index is 819. The maximum Gasteiger partial charge on any atom is 0.387 e. The predicted octanol–water partition coefficient (Wildman–Crippen LogP) is 7.68. The molecule has 0 amide bonds. The van der Waals surface area contributed by atoms with E-state index in [9.17, 15) is 13.2 Å². The van der Waals surface area contributed by atoms with Gasteiger partial charge in [-0.15, -0.1) is 0 Å². The molecule has 1 nitrogen and oxygen atoms in total. The number of ether oxygens (including phenoxy) is 1. The Kier molecular flexibility index (Phi) is 5.84. The van der Waals surface area contributed by atoms with E-state index in [0.717, 1.165) is 23.1 Å². The van der Waals surface area contributed by atoms with Gasteiger partial charge in [0, 0.05) is 5.39 Å². The number of hydrogen-bond acceptors (Lipinski definition) is 1. The second-order valence-electron chi connectivity index (χ2n) is 8.73. The SMILES string of the molecule is CCCC1CCC2CC(c3ccc4c(F)c(OC(F)F)ccc4c3)CCC2C1. The Balaban J connectivity index is 1.49. The zero-order valence-electron chi connectivity index (χ0n) is 16.5. The first-order valence-electron chi connectivity index (χ1n) is 10.7. The summed E-state index contributed by atoms with van der Waals surface area (Å²) >= 11 is 0. The summed E-state index contributed by atoms with van der Waals surface area (Å²) < 4.78 is 43.6. The summed E-state index contributed by atoms with van der Waals surface area (Å²) in [4.78, 5) is 0. The Labute approximate surface area is 165 Å². The van der Waals surface area contributed by atoms with Crippen molar-refractivity contribution in [2.45, 2.75) is 70.8 Å². The Hall–Kier alpha value is -1.71. The molecule has 0 spiro atoms. The summed E-state index contributed by atoms with van der Waals surface area (Å²) in [5.74, 6) is 2.06. The molecule has 0 N–H and O–H groups in total. The van der Waals surface area contributed by atoms with Crippen LogP contribution in [0.2, 0.25) is 0 Å². The van der Waals surface area contributed by atoms with Gasteiger partial charge in [0.05, 0.1) is 0 Å². The molecule has 4 atom stereocenters. The molecular formula is C24H29F3O. The van der Waals surface area contributed by atoms with Gasteiger partial charge >= 0.3 is 6.61 Å². The van der Waals surface area contributed by atoms with Crippen molar-refractivity contribution < 1.29 is 17.9 Å². The van der Waals surface area contributed by atoms with Gasteiger partial charge in [0.1, 0.15) is 0 Å². The first-order chi connectivity index (χ1) is 13.5. The van der Waals surface area contributed by atoms with Gasteiger partial charge < -0.3 is 4.74 Å². The van der Waals surface area contributed by atoms with Crippen molar-refractivity contribution in [1.82, 2.24) is 0 Å². The van der Waals surface area contributed by atoms with Crippen molar-refractivity contribution >= 4 is 10.8 Å². The fourth-order valence-electron chi connectivity index (χ4n) is 5.69. The minimum atomic E-state index is -3.02. The summed E-state index contributed by atoms with van der Waals surface area (Å²) in [6.45, 7) is -0.734. The van der Waals surface area contributed by atoms with E-state index in [1.807, 2.05) is 12.1 Å². The molecule has 152 valence electrons. The van der Waals surface area contributed by atoms with E-state index in [4.69, 9.17) is 0 Å². The molecule has 2 aromatic carbocycles. The van der Waals surface area contributed by atoms with Crippen LogP contribution in [0, 0.1) is 23.6 Å². The van der Waals surface area contributed by atoms with Gasteiger partial charge in [0.15, 0.2) is 11.6 Å². The van der Waals surface area contributed by atoms with Gasteiger partial charge in [-0.05, 0) is 72.8 Å². The van der Waals surface area contributed by atoms with E-state index >= 15 is 0 Å². The van der Waals surface area contributed by atoms with E-state index in [1.165, 1.54) is 63.0 Å². The number of benzene rings is 2. The van der Waals surface area contributed by atoms with Gasteiger partial charge in [-0.25, -0.2) is 4.39 Å². The summed E-state index contributed by atoms with van der Waals surface area (Å²) in [7, 11) is 0. The lowest BCUT2D eigenvalue weighted by Gasteiger charge is -2.42. The van der Waals surface area contributed by atoms with E-state index in [-0.39, 0.29) is 5.75 Å². The summed E-state index contributed by atoms with van der Waals surface area (Å²) in [5, 5.41) is 1.10. The van der Waals surface area contributed by atoms with E-state index in [0.29, 0.717) is 11.3 Å². The Morgan fingerprint density at radius 1 is 1.00 bits per heavy atom.